The Kier molecular flexibility index (Phi) is 4.04. The average Bonchev–Trinajstić information content (AvgIpc) is 3.20. The van der Waals surface area contributed by atoms with Crippen molar-refractivity contribution in [2.75, 3.05) is 13.6 Å². The molecule has 0 bridgehead atoms. The molecule has 100 valence electrons. The monoisotopic (exact) mass is 268 g/mol. The summed E-state index contributed by atoms with van der Waals surface area (Å²) in [5.74, 6) is 0. The molecule has 0 amide bonds. The van der Waals surface area contributed by atoms with Crippen LogP contribution in [0.4, 0.5) is 0 Å². The van der Waals surface area contributed by atoms with Gasteiger partial charge in [0, 0.05) is 19.6 Å². The molecule has 0 spiro atoms. The molecular formula is C13H20N2O2S. The van der Waals surface area contributed by atoms with Gasteiger partial charge in [0.1, 0.15) is 0 Å². The summed E-state index contributed by atoms with van der Waals surface area (Å²) in [6.45, 7) is 3.42. The van der Waals surface area contributed by atoms with E-state index in [4.69, 9.17) is 0 Å². The van der Waals surface area contributed by atoms with Crippen LogP contribution in [0.15, 0.2) is 29.2 Å². The second kappa shape index (κ2) is 5.38. The predicted molar refractivity (Wildman–Crippen MR) is 71.8 cm³/mol. The van der Waals surface area contributed by atoms with Crippen molar-refractivity contribution in [1.29, 1.82) is 0 Å². The van der Waals surface area contributed by atoms with Gasteiger partial charge < -0.3 is 5.32 Å². The summed E-state index contributed by atoms with van der Waals surface area (Å²) < 4.78 is 26.5. The first-order valence-corrected chi connectivity index (χ1v) is 7.78. The third kappa shape index (κ3) is 2.74. The molecule has 1 aliphatic carbocycles. The summed E-state index contributed by atoms with van der Waals surface area (Å²) in [7, 11) is -1.67. The van der Waals surface area contributed by atoms with Crippen LogP contribution in [0.2, 0.25) is 0 Å². The molecule has 0 heterocycles. The molecule has 5 heteroatoms. The SMILES string of the molecule is CCNCc1ccccc1S(=O)(=O)N(C)C1CC1. The maximum Gasteiger partial charge on any atom is 0.243 e. The zero-order valence-electron chi connectivity index (χ0n) is 10.9. The van der Waals surface area contributed by atoms with E-state index in [1.54, 1.807) is 19.2 Å². The van der Waals surface area contributed by atoms with Gasteiger partial charge in [-0.1, -0.05) is 25.1 Å². The minimum Gasteiger partial charge on any atom is -0.313 e. The maximum atomic E-state index is 12.5. The van der Waals surface area contributed by atoms with E-state index in [0.29, 0.717) is 11.4 Å². The highest BCUT2D eigenvalue weighted by atomic mass is 32.2. The Labute approximate surface area is 109 Å². The van der Waals surface area contributed by atoms with Crippen LogP contribution in [-0.2, 0) is 16.6 Å². The summed E-state index contributed by atoms with van der Waals surface area (Å²) in [5.41, 5.74) is 0.840. The average molecular weight is 268 g/mol. The topological polar surface area (TPSA) is 49.4 Å². The molecule has 0 saturated heterocycles. The number of nitrogens with zero attached hydrogens (tertiary/aromatic N) is 1. The number of hydrogen-bond acceptors (Lipinski definition) is 3. The van der Waals surface area contributed by atoms with Crippen LogP contribution in [0, 0.1) is 0 Å². The Hall–Kier alpha value is -0.910. The molecule has 1 N–H and O–H groups in total. The number of sulfonamides is 1. The molecule has 1 aromatic rings. The van der Waals surface area contributed by atoms with Crippen molar-refractivity contribution in [1.82, 2.24) is 9.62 Å². The summed E-state index contributed by atoms with van der Waals surface area (Å²) >= 11 is 0. The van der Waals surface area contributed by atoms with Crippen molar-refractivity contribution in [3.8, 4) is 0 Å². The van der Waals surface area contributed by atoms with Gasteiger partial charge in [0.05, 0.1) is 4.90 Å². The fraction of sp³-hybridized carbons (Fsp3) is 0.538. The highest BCUT2D eigenvalue weighted by Gasteiger charge is 2.35. The van der Waals surface area contributed by atoms with Gasteiger partial charge in [-0.2, -0.15) is 4.31 Å². The standard InChI is InChI=1S/C13H20N2O2S/c1-3-14-10-11-6-4-5-7-13(11)18(16,17)15(2)12-8-9-12/h4-7,12,14H,3,8-10H2,1-2H3. The Bertz CT molecular complexity index is 509. The normalized spacial score (nSPS) is 16.2. The lowest BCUT2D eigenvalue weighted by molar-refractivity contribution is 0.463. The minimum absolute atomic E-state index is 0.196. The van der Waals surface area contributed by atoms with Crippen LogP contribution >= 0.6 is 0 Å². The van der Waals surface area contributed by atoms with Gasteiger partial charge in [-0.25, -0.2) is 8.42 Å². The van der Waals surface area contributed by atoms with Gasteiger partial charge in [-0.3, -0.25) is 0 Å². The summed E-state index contributed by atoms with van der Waals surface area (Å²) in [6, 6.07) is 7.42. The van der Waals surface area contributed by atoms with Crippen molar-refractivity contribution >= 4 is 10.0 Å². The Morgan fingerprint density at radius 3 is 2.61 bits per heavy atom. The van der Waals surface area contributed by atoms with E-state index in [2.05, 4.69) is 5.32 Å². The predicted octanol–water partition coefficient (Wildman–Crippen LogP) is 1.58. The van der Waals surface area contributed by atoms with Gasteiger partial charge in [0.25, 0.3) is 0 Å². The zero-order chi connectivity index (χ0) is 13.2. The van der Waals surface area contributed by atoms with Gasteiger partial charge in [-0.15, -0.1) is 0 Å². The fourth-order valence-corrected chi connectivity index (χ4v) is 3.59. The number of rotatable bonds is 6. The van der Waals surface area contributed by atoms with E-state index in [0.717, 1.165) is 24.9 Å². The third-order valence-corrected chi connectivity index (χ3v) is 5.27. The molecule has 1 aliphatic rings. The molecule has 0 atom stereocenters. The Morgan fingerprint density at radius 1 is 1.33 bits per heavy atom. The van der Waals surface area contributed by atoms with Crippen molar-refractivity contribution in [2.45, 2.75) is 37.2 Å². The molecule has 0 aliphatic heterocycles. The second-order valence-electron chi connectivity index (χ2n) is 4.64. The highest BCUT2D eigenvalue weighted by molar-refractivity contribution is 7.89. The Morgan fingerprint density at radius 2 is 2.00 bits per heavy atom. The maximum absolute atomic E-state index is 12.5. The van der Waals surface area contributed by atoms with Gasteiger partial charge in [0.2, 0.25) is 10.0 Å². The summed E-state index contributed by atoms with van der Waals surface area (Å²) in [5, 5.41) is 3.18. The fourth-order valence-electron chi connectivity index (χ4n) is 1.95. The second-order valence-corrected chi connectivity index (χ2v) is 6.61. The molecule has 1 saturated carbocycles. The van der Waals surface area contributed by atoms with Crippen molar-refractivity contribution in [3.63, 3.8) is 0 Å². The molecule has 1 aromatic carbocycles. The van der Waals surface area contributed by atoms with Crippen LogP contribution in [0.5, 0.6) is 0 Å². The molecule has 0 unspecified atom stereocenters. The smallest absolute Gasteiger partial charge is 0.243 e. The Balaban J connectivity index is 2.31. The van der Waals surface area contributed by atoms with Gasteiger partial charge in [-0.05, 0) is 31.0 Å². The van der Waals surface area contributed by atoms with Crippen LogP contribution in [0.25, 0.3) is 0 Å². The lowest BCUT2D eigenvalue weighted by Crippen LogP contribution is -2.30. The van der Waals surface area contributed by atoms with Crippen molar-refractivity contribution < 1.29 is 8.42 Å². The van der Waals surface area contributed by atoms with Crippen LogP contribution in [0.1, 0.15) is 25.3 Å². The first-order valence-electron chi connectivity index (χ1n) is 6.34. The molecule has 1 fully saturated rings. The zero-order valence-corrected chi connectivity index (χ0v) is 11.7. The van der Waals surface area contributed by atoms with E-state index < -0.39 is 10.0 Å². The minimum atomic E-state index is -3.34. The van der Waals surface area contributed by atoms with Crippen LogP contribution < -0.4 is 5.32 Å². The lowest BCUT2D eigenvalue weighted by atomic mass is 10.2. The van der Waals surface area contributed by atoms with Gasteiger partial charge >= 0.3 is 0 Å². The molecule has 4 nitrogen and oxygen atoms in total. The number of nitrogens with one attached hydrogen (secondary N) is 1. The number of benzene rings is 1. The van der Waals surface area contributed by atoms with Crippen molar-refractivity contribution in [2.24, 2.45) is 0 Å². The largest absolute Gasteiger partial charge is 0.313 e. The molecule has 18 heavy (non-hydrogen) atoms. The molecular weight excluding hydrogens is 248 g/mol. The lowest BCUT2D eigenvalue weighted by Gasteiger charge is -2.18. The molecule has 0 radical (unpaired) electrons. The highest BCUT2D eigenvalue weighted by Crippen LogP contribution is 2.31. The van der Waals surface area contributed by atoms with Crippen LogP contribution in [0.3, 0.4) is 0 Å². The number of hydrogen-bond donors (Lipinski definition) is 1. The van der Waals surface area contributed by atoms with E-state index in [1.807, 2.05) is 19.1 Å². The third-order valence-electron chi connectivity index (χ3n) is 3.26. The first-order chi connectivity index (χ1) is 8.57. The summed E-state index contributed by atoms with van der Waals surface area (Å²) in [4.78, 5) is 0.431. The summed E-state index contributed by atoms with van der Waals surface area (Å²) in [6.07, 6.45) is 1.95. The van der Waals surface area contributed by atoms with E-state index in [-0.39, 0.29) is 6.04 Å². The van der Waals surface area contributed by atoms with E-state index in [1.165, 1.54) is 4.31 Å². The van der Waals surface area contributed by atoms with Crippen LogP contribution in [-0.4, -0.2) is 32.4 Å². The van der Waals surface area contributed by atoms with E-state index >= 15 is 0 Å². The first kappa shape index (κ1) is 13.5. The molecule has 2 rings (SSSR count). The van der Waals surface area contributed by atoms with Gasteiger partial charge in [0.15, 0.2) is 0 Å². The van der Waals surface area contributed by atoms with E-state index in [9.17, 15) is 8.42 Å². The van der Waals surface area contributed by atoms with Crippen molar-refractivity contribution in [3.05, 3.63) is 29.8 Å². The quantitative estimate of drug-likeness (QED) is 0.852. The molecule has 0 aromatic heterocycles.